The van der Waals surface area contributed by atoms with Crippen LogP contribution in [0, 0.1) is 17.2 Å². The second kappa shape index (κ2) is 6.65. The van der Waals surface area contributed by atoms with Crippen LogP contribution in [0.1, 0.15) is 17.5 Å². The van der Waals surface area contributed by atoms with Crippen LogP contribution in [0.25, 0.3) is 0 Å². The zero-order valence-corrected chi connectivity index (χ0v) is 14.8. The van der Waals surface area contributed by atoms with Crippen LogP contribution < -0.4 is 5.32 Å². The first kappa shape index (κ1) is 16.5. The third kappa shape index (κ3) is 4.15. The molecular weight excluding hydrogens is 375 g/mol. The van der Waals surface area contributed by atoms with Crippen molar-refractivity contribution in [3.05, 3.63) is 35.4 Å². The molecular formula is C14H10Cl2N4OS2. The van der Waals surface area contributed by atoms with Crippen LogP contribution in [-0.4, -0.2) is 20.4 Å². The van der Waals surface area contributed by atoms with Crippen molar-refractivity contribution in [2.75, 3.05) is 5.32 Å². The number of rotatable bonds is 5. The molecule has 0 bridgehead atoms. The van der Waals surface area contributed by atoms with Crippen LogP contribution in [-0.2, 0) is 10.5 Å². The van der Waals surface area contributed by atoms with E-state index in [4.69, 9.17) is 28.5 Å². The molecule has 3 rings (SSSR count). The highest BCUT2D eigenvalue weighted by atomic mass is 35.5. The van der Waals surface area contributed by atoms with Crippen molar-refractivity contribution < 1.29 is 4.79 Å². The summed E-state index contributed by atoms with van der Waals surface area (Å²) in [6.07, 6.45) is 0.459. The summed E-state index contributed by atoms with van der Waals surface area (Å²) in [4.78, 5) is 11.9. The van der Waals surface area contributed by atoms with Gasteiger partial charge in [0.2, 0.25) is 11.0 Å². The topological polar surface area (TPSA) is 78.7 Å². The Hall–Kier alpha value is -1.33. The van der Waals surface area contributed by atoms with Crippen LogP contribution >= 0.6 is 46.3 Å². The van der Waals surface area contributed by atoms with Crippen molar-refractivity contribution >= 4 is 57.3 Å². The van der Waals surface area contributed by atoms with Crippen LogP contribution in [0.4, 0.5) is 5.13 Å². The van der Waals surface area contributed by atoms with Crippen LogP contribution in [0.5, 0.6) is 0 Å². The molecule has 1 aliphatic carbocycles. The van der Waals surface area contributed by atoms with Gasteiger partial charge in [-0.25, -0.2) is 0 Å². The van der Waals surface area contributed by atoms with Gasteiger partial charge in [0.1, 0.15) is 4.33 Å². The maximum atomic E-state index is 11.9. The fourth-order valence-electron chi connectivity index (χ4n) is 1.83. The predicted octanol–water partition coefficient (Wildman–Crippen LogP) is 3.83. The van der Waals surface area contributed by atoms with E-state index in [0.29, 0.717) is 22.9 Å². The van der Waals surface area contributed by atoms with Crippen molar-refractivity contribution in [2.45, 2.75) is 20.8 Å². The average molecular weight is 385 g/mol. The molecule has 9 heteroatoms. The monoisotopic (exact) mass is 384 g/mol. The smallest absolute Gasteiger partial charge is 0.232 e. The normalized spacial score (nSPS) is 18.2. The van der Waals surface area contributed by atoms with Gasteiger partial charge in [-0.05, 0) is 24.1 Å². The predicted molar refractivity (Wildman–Crippen MR) is 91.8 cm³/mol. The Morgan fingerprint density at radius 3 is 2.74 bits per heavy atom. The zero-order valence-electron chi connectivity index (χ0n) is 11.6. The molecule has 118 valence electrons. The van der Waals surface area contributed by atoms with E-state index < -0.39 is 4.33 Å². The van der Waals surface area contributed by atoms with E-state index in [-0.39, 0.29) is 11.8 Å². The summed E-state index contributed by atoms with van der Waals surface area (Å²) in [5.74, 6) is 0.0999. The molecule has 1 fully saturated rings. The van der Waals surface area contributed by atoms with Gasteiger partial charge in [0.15, 0.2) is 4.34 Å². The minimum absolute atomic E-state index is 0.227. The van der Waals surface area contributed by atoms with Crippen molar-refractivity contribution in [3.8, 4) is 6.07 Å². The lowest BCUT2D eigenvalue weighted by Gasteiger charge is -2.00. The van der Waals surface area contributed by atoms with Crippen LogP contribution in [0.3, 0.4) is 0 Å². The number of nitrogens with zero attached hydrogens (tertiary/aromatic N) is 3. The fourth-order valence-corrected chi connectivity index (χ4v) is 4.05. The lowest BCUT2D eigenvalue weighted by atomic mass is 10.2. The van der Waals surface area contributed by atoms with Gasteiger partial charge in [-0.2, -0.15) is 5.26 Å². The lowest BCUT2D eigenvalue weighted by molar-refractivity contribution is -0.117. The highest BCUT2D eigenvalue weighted by Crippen LogP contribution is 2.53. The van der Waals surface area contributed by atoms with E-state index in [0.717, 1.165) is 9.90 Å². The Morgan fingerprint density at radius 2 is 2.13 bits per heavy atom. The molecule has 1 unspecified atom stereocenters. The maximum absolute atomic E-state index is 11.9. The van der Waals surface area contributed by atoms with Crippen molar-refractivity contribution in [2.24, 2.45) is 5.92 Å². The van der Waals surface area contributed by atoms with Crippen LogP contribution in [0.15, 0.2) is 28.6 Å². The third-order valence-corrected chi connectivity index (χ3v) is 6.10. The average Bonchev–Trinajstić information content (AvgIpc) is 2.96. The van der Waals surface area contributed by atoms with Gasteiger partial charge < -0.3 is 5.32 Å². The molecule has 1 N–H and O–H groups in total. The summed E-state index contributed by atoms with van der Waals surface area (Å²) in [6.45, 7) is 0. The Kier molecular flexibility index (Phi) is 4.78. The number of alkyl halides is 2. The van der Waals surface area contributed by atoms with Gasteiger partial charge in [-0.3, -0.25) is 4.79 Å². The Bertz CT molecular complexity index is 770. The van der Waals surface area contributed by atoms with Crippen LogP contribution in [0.2, 0.25) is 0 Å². The van der Waals surface area contributed by atoms with E-state index in [1.54, 1.807) is 12.1 Å². The third-order valence-electron chi connectivity index (χ3n) is 3.22. The largest absolute Gasteiger partial charge is 0.300 e. The first-order valence-electron chi connectivity index (χ1n) is 6.62. The van der Waals surface area contributed by atoms with E-state index >= 15 is 0 Å². The molecule has 1 amide bonds. The minimum atomic E-state index is -0.943. The number of carbonyl (C=O) groups is 1. The molecule has 1 aliphatic rings. The zero-order chi connectivity index (χ0) is 16.4. The second-order valence-corrected chi connectivity index (χ2v) is 8.72. The number of anilines is 1. The van der Waals surface area contributed by atoms with Gasteiger partial charge in [0, 0.05) is 5.75 Å². The van der Waals surface area contributed by atoms with E-state index in [2.05, 4.69) is 21.6 Å². The van der Waals surface area contributed by atoms with E-state index in [1.807, 2.05) is 12.1 Å². The minimum Gasteiger partial charge on any atom is -0.300 e. The number of benzene rings is 1. The maximum Gasteiger partial charge on any atom is 0.232 e. The number of hydrogen-bond acceptors (Lipinski definition) is 6. The summed E-state index contributed by atoms with van der Waals surface area (Å²) >= 11 is 14.5. The van der Waals surface area contributed by atoms with Gasteiger partial charge in [-0.15, -0.1) is 33.4 Å². The fraction of sp³-hybridized carbons (Fsp3) is 0.286. The Labute approximate surface area is 151 Å². The molecule has 5 nitrogen and oxygen atoms in total. The van der Waals surface area contributed by atoms with Crippen molar-refractivity contribution in [1.82, 2.24) is 10.2 Å². The van der Waals surface area contributed by atoms with Gasteiger partial charge >= 0.3 is 0 Å². The summed E-state index contributed by atoms with van der Waals surface area (Å²) < 4.78 is -0.189. The standard InChI is InChI=1S/C14H10Cl2N4OS2/c15-14(16)5-10(14)11(21)18-12-19-20-13(23-12)22-7-9-3-1-8(6-17)2-4-9/h1-4,10H,5,7H2,(H,18,19,21). The molecule has 1 heterocycles. The van der Waals surface area contributed by atoms with Gasteiger partial charge in [0.25, 0.3) is 0 Å². The number of halogens is 2. The summed E-state index contributed by atoms with van der Waals surface area (Å²) in [7, 11) is 0. The number of thioether (sulfide) groups is 1. The molecule has 1 aromatic carbocycles. The van der Waals surface area contributed by atoms with Gasteiger partial charge in [0.05, 0.1) is 17.6 Å². The molecule has 0 aliphatic heterocycles. The highest BCUT2D eigenvalue weighted by molar-refractivity contribution is 8.00. The molecule has 23 heavy (non-hydrogen) atoms. The number of aromatic nitrogens is 2. The van der Waals surface area contributed by atoms with E-state index in [9.17, 15) is 4.79 Å². The molecule has 1 saturated carbocycles. The van der Waals surface area contributed by atoms with E-state index in [1.165, 1.54) is 23.1 Å². The lowest BCUT2D eigenvalue weighted by Crippen LogP contribution is -2.16. The first-order valence-corrected chi connectivity index (χ1v) is 9.18. The highest BCUT2D eigenvalue weighted by Gasteiger charge is 2.56. The molecule has 1 atom stereocenters. The Morgan fingerprint density at radius 1 is 1.43 bits per heavy atom. The second-order valence-electron chi connectivity index (χ2n) is 4.98. The van der Waals surface area contributed by atoms with Crippen molar-refractivity contribution in [1.29, 1.82) is 5.26 Å². The molecule has 1 aromatic heterocycles. The number of amides is 1. The first-order chi connectivity index (χ1) is 11.0. The summed E-state index contributed by atoms with van der Waals surface area (Å²) in [5, 5.41) is 19.9. The molecule has 2 aromatic rings. The number of nitriles is 1. The molecule has 0 radical (unpaired) electrons. The molecule has 0 spiro atoms. The number of carbonyl (C=O) groups excluding carboxylic acids is 1. The van der Waals surface area contributed by atoms with Crippen molar-refractivity contribution in [3.63, 3.8) is 0 Å². The summed E-state index contributed by atoms with van der Waals surface area (Å²) in [6, 6.07) is 9.45. The number of hydrogen-bond donors (Lipinski definition) is 1. The summed E-state index contributed by atoms with van der Waals surface area (Å²) in [5.41, 5.74) is 1.72. The molecule has 0 saturated heterocycles. The quantitative estimate of drug-likeness (QED) is 0.481. The Balaban J connectivity index is 1.53. The number of nitrogens with one attached hydrogen (secondary N) is 1. The SMILES string of the molecule is N#Cc1ccc(CSc2nnc(NC(=O)C3CC3(Cl)Cl)s2)cc1. The van der Waals surface area contributed by atoms with Gasteiger partial charge in [-0.1, -0.05) is 35.2 Å².